The molecule has 0 radical (unpaired) electrons. The SMILES string of the molecule is Cn1nc(Br)c2c(NCCC(C)(O)c3ccccc3)ncnc21. The van der Waals surface area contributed by atoms with Crippen LogP contribution in [0, 0.1) is 0 Å². The van der Waals surface area contributed by atoms with Gasteiger partial charge in [-0.15, -0.1) is 0 Å². The van der Waals surface area contributed by atoms with Crippen LogP contribution in [0.2, 0.25) is 0 Å². The second kappa shape index (κ2) is 6.25. The number of nitrogens with zero attached hydrogens (tertiary/aromatic N) is 4. The molecule has 3 rings (SSSR count). The summed E-state index contributed by atoms with van der Waals surface area (Å²) in [7, 11) is 1.84. The predicted octanol–water partition coefficient (Wildman–Crippen LogP) is 2.84. The molecule has 1 unspecified atom stereocenters. The van der Waals surface area contributed by atoms with E-state index in [2.05, 4.69) is 36.3 Å². The van der Waals surface area contributed by atoms with E-state index >= 15 is 0 Å². The molecular formula is C16H18BrN5O. The first kappa shape index (κ1) is 15.9. The van der Waals surface area contributed by atoms with Gasteiger partial charge in [-0.05, 0) is 34.8 Å². The third kappa shape index (κ3) is 3.20. The zero-order chi connectivity index (χ0) is 16.4. The van der Waals surface area contributed by atoms with Crippen molar-refractivity contribution in [2.75, 3.05) is 11.9 Å². The number of halogens is 1. The van der Waals surface area contributed by atoms with E-state index in [1.54, 1.807) is 4.68 Å². The smallest absolute Gasteiger partial charge is 0.164 e. The Balaban J connectivity index is 1.74. The molecule has 120 valence electrons. The zero-order valence-electron chi connectivity index (χ0n) is 13.0. The van der Waals surface area contributed by atoms with Crippen LogP contribution in [0.25, 0.3) is 11.0 Å². The fraction of sp³-hybridized carbons (Fsp3) is 0.312. The van der Waals surface area contributed by atoms with Crippen LogP contribution in [0.15, 0.2) is 41.3 Å². The molecule has 7 heteroatoms. The summed E-state index contributed by atoms with van der Waals surface area (Å²) in [5.41, 5.74) is 0.758. The van der Waals surface area contributed by atoms with Crippen molar-refractivity contribution in [1.82, 2.24) is 19.7 Å². The normalized spacial score (nSPS) is 13.9. The molecule has 3 aromatic rings. The Morgan fingerprint density at radius 2 is 2.00 bits per heavy atom. The first-order valence-electron chi connectivity index (χ1n) is 7.34. The molecule has 1 atom stereocenters. The average Bonchev–Trinajstić information content (AvgIpc) is 2.84. The van der Waals surface area contributed by atoms with E-state index < -0.39 is 5.60 Å². The Hall–Kier alpha value is -1.99. The van der Waals surface area contributed by atoms with Crippen molar-refractivity contribution in [1.29, 1.82) is 0 Å². The van der Waals surface area contributed by atoms with Gasteiger partial charge in [0.05, 0.1) is 11.0 Å². The van der Waals surface area contributed by atoms with Crippen molar-refractivity contribution in [3.05, 3.63) is 46.8 Å². The first-order valence-corrected chi connectivity index (χ1v) is 8.13. The van der Waals surface area contributed by atoms with Crippen LogP contribution in [0.3, 0.4) is 0 Å². The van der Waals surface area contributed by atoms with Crippen molar-refractivity contribution in [2.24, 2.45) is 7.05 Å². The lowest BCUT2D eigenvalue weighted by Crippen LogP contribution is -2.24. The highest BCUT2D eigenvalue weighted by Gasteiger charge is 2.22. The van der Waals surface area contributed by atoms with E-state index in [1.807, 2.05) is 44.3 Å². The molecule has 2 heterocycles. The Morgan fingerprint density at radius 1 is 1.26 bits per heavy atom. The molecule has 0 aliphatic rings. The number of aliphatic hydroxyl groups is 1. The Kier molecular flexibility index (Phi) is 4.32. The highest BCUT2D eigenvalue weighted by molar-refractivity contribution is 9.10. The summed E-state index contributed by atoms with van der Waals surface area (Å²) in [5.74, 6) is 0.707. The summed E-state index contributed by atoms with van der Waals surface area (Å²) in [6, 6.07) is 9.66. The van der Waals surface area contributed by atoms with Gasteiger partial charge in [-0.3, -0.25) is 0 Å². The van der Waals surface area contributed by atoms with Gasteiger partial charge in [-0.2, -0.15) is 5.10 Å². The molecule has 0 aliphatic heterocycles. The molecule has 0 amide bonds. The number of aryl methyl sites for hydroxylation is 1. The Bertz CT molecular complexity index is 816. The number of rotatable bonds is 5. The molecule has 2 N–H and O–H groups in total. The van der Waals surface area contributed by atoms with Gasteiger partial charge in [-0.1, -0.05) is 30.3 Å². The minimum Gasteiger partial charge on any atom is -0.385 e. The van der Waals surface area contributed by atoms with Crippen LogP contribution in [0.4, 0.5) is 5.82 Å². The van der Waals surface area contributed by atoms with E-state index in [0.29, 0.717) is 23.4 Å². The maximum atomic E-state index is 10.6. The molecule has 0 fully saturated rings. The molecule has 1 aromatic carbocycles. The minimum atomic E-state index is -0.896. The highest BCUT2D eigenvalue weighted by atomic mass is 79.9. The third-order valence-corrected chi connectivity index (χ3v) is 4.43. The van der Waals surface area contributed by atoms with Gasteiger partial charge in [0, 0.05) is 13.6 Å². The summed E-state index contributed by atoms with van der Waals surface area (Å²) in [6.45, 7) is 2.40. The maximum Gasteiger partial charge on any atom is 0.164 e. The van der Waals surface area contributed by atoms with E-state index in [1.165, 1.54) is 6.33 Å². The number of nitrogens with one attached hydrogen (secondary N) is 1. The van der Waals surface area contributed by atoms with Gasteiger partial charge in [0.25, 0.3) is 0 Å². The predicted molar refractivity (Wildman–Crippen MR) is 93.1 cm³/mol. The third-order valence-electron chi connectivity index (χ3n) is 3.88. The van der Waals surface area contributed by atoms with Crippen molar-refractivity contribution in [2.45, 2.75) is 18.9 Å². The van der Waals surface area contributed by atoms with Crippen LogP contribution in [0.5, 0.6) is 0 Å². The van der Waals surface area contributed by atoms with Gasteiger partial charge in [-0.25, -0.2) is 14.6 Å². The van der Waals surface area contributed by atoms with E-state index in [9.17, 15) is 5.11 Å². The number of aromatic nitrogens is 4. The van der Waals surface area contributed by atoms with Crippen molar-refractivity contribution < 1.29 is 5.11 Å². The van der Waals surface area contributed by atoms with Crippen LogP contribution < -0.4 is 5.32 Å². The standard InChI is InChI=1S/C16H18BrN5O/c1-16(23,11-6-4-3-5-7-11)8-9-18-14-12-13(17)21-22(2)15(12)20-10-19-14/h3-7,10,23H,8-9H2,1-2H3,(H,18,19,20). The molecule has 0 bridgehead atoms. The quantitative estimate of drug-likeness (QED) is 0.716. The molecule has 0 saturated heterocycles. The summed E-state index contributed by atoms with van der Waals surface area (Å²) >= 11 is 3.44. The van der Waals surface area contributed by atoms with Crippen molar-refractivity contribution in [3.63, 3.8) is 0 Å². The molecular weight excluding hydrogens is 358 g/mol. The van der Waals surface area contributed by atoms with Crippen LogP contribution in [-0.2, 0) is 12.6 Å². The Morgan fingerprint density at radius 3 is 2.74 bits per heavy atom. The van der Waals surface area contributed by atoms with Crippen LogP contribution in [0.1, 0.15) is 18.9 Å². The van der Waals surface area contributed by atoms with Gasteiger partial charge < -0.3 is 10.4 Å². The molecule has 6 nitrogen and oxygen atoms in total. The second-order valence-electron chi connectivity index (χ2n) is 5.65. The minimum absolute atomic E-state index is 0.556. The molecule has 2 aromatic heterocycles. The maximum absolute atomic E-state index is 10.6. The fourth-order valence-electron chi connectivity index (χ4n) is 2.54. The second-order valence-corrected chi connectivity index (χ2v) is 6.40. The topological polar surface area (TPSA) is 75.9 Å². The molecule has 0 aliphatic carbocycles. The first-order chi connectivity index (χ1) is 11.0. The van der Waals surface area contributed by atoms with Crippen molar-refractivity contribution >= 4 is 32.8 Å². The Labute approximate surface area is 142 Å². The summed E-state index contributed by atoms with van der Waals surface area (Å²) in [6.07, 6.45) is 2.06. The van der Waals surface area contributed by atoms with Crippen molar-refractivity contribution in [3.8, 4) is 0 Å². The van der Waals surface area contributed by atoms with Gasteiger partial charge >= 0.3 is 0 Å². The lowest BCUT2D eigenvalue weighted by atomic mass is 9.93. The zero-order valence-corrected chi connectivity index (χ0v) is 14.6. The highest BCUT2D eigenvalue weighted by Crippen LogP contribution is 2.28. The number of anilines is 1. The van der Waals surface area contributed by atoms with E-state index in [4.69, 9.17) is 0 Å². The monoisotopic (exact) mass is 375 g/mol. The van der Waals surface area contributed by atoms with E-state index in [-0.39, 0.29) is 0 Å². The van der Waals surface area contributed by atoms with Gasteiger partial charge in [0.2, 0.25) is 0 Å². The molecule has 0 spiro atoms. The molecule has 0 saturated carbocycles. The summed E-state index contributed by atoms with van der Waals surface area (Å²) < 4.78 is 2.40. The number of fused-ring (bicyclic) bond motifs is 1. The number of benzene rings is 1. The summed E-state index contributed by atoms with van der Waals surface area (Å²) in [5, 5.41) is 19.0. The van der Waals surface area contributed by atoms with Gasteiger partial charge in [0.15, 0.2) is 5.65 Å². The van der Waals surface area contributed by atoms with Gasteiger partial charge in [0.1, 0.15) is 16.7 Å². The number of hydrogen-bond acceptors (Lipinski definition) is 5. The lowest BCUT2D eigenvalue weighted by molar-refractivity contribution is 0.0515. The molecule has 23 heavy (non-hydrogen) atoms. The average molecular weight is 376 g/mol. The lowest BCUT2D eigenvalue weighted by Gasteiger charge is -2.24. The summed E-state index contributed by atoms with van der Waals surface area (Å²) in [4.78, 5) is 8.52. The van der Waals surface area contributed by atoms with Crippen LogP contribution in [-0.4, -0.2) is 31.4 Å². The fourth-order valence-corrected chi connectivity index (χ4v) is 3.14. The van der Waals surface area contributed by atoms with E-state index in [0.717, 1.165) is 16.6 Å². The van der Waals surface area contributed by atoms with Crippen LogP contribution >= 0.6 is 15.9 Å². The number of hydrogen-bond donors (Lipinski definition) is 2. The largest absolute Gasteiger partial charge is 0.385 e.